The zero-order chi connectivity index (χ0) is 13.1. The fraction of sp³-hybridized carbons (Fsp3) is 0.167. The fourth-order valence-corrected chi connectivity index (χ4v) is 1.45. The van der Waals surface area contributed by atoms with Crippen molar-refractivity contribution in [2.45, 2.75) is 6.92 Å². The molecule has 0 spiro atoms. The lowest BCUT2D eigenvalue weighted by Crippen LogP contribution is -1.95. The van der Waals surface area contributed by atoms with E-state index in [0.29, 0.717) is 5.69 Å². The first-order valence-electron chi connectivity index (χ1n) is 5.22. The van der Waals surface area contributed by atoms with E-state index in [-0.39, 0.29) is 11.8 Å². The van der Waals surface area contributed by atoms with Crippen molar-refractivity contribution in [3.8, 4) is 5.75 Å². The van der Waals surface area contributed by atoms with Crippen molar-refractivity contribution in [1.82, 2.24) is 4.98 Å². The monoisotopic (exact) mass is 248 g/mol. The van der Waals surface area contributed by atoms with Gasteiger partial charge in [-0.15, -0.1) is 0 Å². The summed E-state index contributed by atoms with van der Waals surface area (Å²) in [5, 5.41) is 11.7. The quantitative estimate of drug-likeness (QED) is 0.864. The normalized spacial score (nSPS) is 10.1. The van der Waals surface area contributed by atoms with Crippen LogP contribution in [0.15, 0.2) is 28.7 Å². The van der Waals surface area contributed by atoms with Crippen molar-refractivity contribution >= 4 is 17.7 Å². The molecule has 0 atom stereocenters. The summed E-state index contributed by atoms with van der Waals surface area (Å²) in [6, 6.07) is 7.25. The van der Waals surface area contributed by atoms with Gasteiger partial charge >= 0.3 is 5.97 Å². The lowest BCUT2D eigenvalue weighted by atomic mass is 10.3. The Balaban J connectivity index is 2.18. The summed E-state index contributed by atoms with van der Waals surface area (Å²) in [5.41, 5.74) is 1.06. The van der Waals surface area contributed by atoms with Crippen LogP contribution in [-0.4, -0.2) is 23.2 Å². The molecule has 2 rings (SSSR count). The molecule has 94 valence electrons. The number of carboxylic acid groups (broad SMARTS) is 1. The van der Waals surface area contributed by atoms with Crippen LogP contribution in [-0.2, 0) is 0 Å². The van der Waals surface area contributed by atoms with E-state index in [9.17, 15) is 4.79 Å². The van der Waals surface area contributed by atoms with Crippen LogP contribution in [0.5, 0.6) is 5.75 Å². The van der Waals surface area contributed by atoms with Gasteiger partial charge in [-0.05, 0) is 31.2 Å². The predicted molar refractivity (Wildman–Crippen MR) is 64.5 cm³/mol. The van der Waals surface area contributed by atoms with Gasteiger partial charge in [0, 0.05) is 5.69 Å². The summed E-state index contributed by atoms with van der Waals surface area (Å²) in [4.78, 5) is 14.8. The number of nitrogens with one attached hydrogen (secondary N) is 1. The molecule has 6 heteroatoms. The molecule has 0 radical (unpaired) electrons. The third-order valence-corrected chi connectivity index (χ3v) is 2.33. The highest BCUT2D eigenvalue weighted by molar-refractivity contribution is 5.85. The van der Waals surface area contributed by atoms with E-state index in [0.717, 1.165) is 11.4 Å². The molecule has 2 aromatic rings. The van der Waals surface area contributed by atoms with Crippen LogP contribution in [0.25, 0.3) is 0 Å². The summed E-state index contributed by atoms with van der Waals surface area (Å²) >= 11 is 0. The third kappa shape index (κ3) is 2.42. The number of methoxy groups -OCH3 is 1. The van der Waals surface area contributed by atoms with E-state index in [1.54, 1.807) is 38.3 Å². The maximum absolute atomic E-state index is 10.8. The van der Waals surface area contributed by atoms with Gasteiger partial charge in [-0.1, -0.05) is 0 Å². The number of hydrogen-bond donors (Lipinski definition) is 2. The second kappa shape index (κ2) is 4.79. The molecule has 0 aliphatic carbocycles. The van der Waals surface area contributed by atoms with E-state index in [1.807, 2.05) is 0 Å². The Labute approximate surface area is 103 Å². The van der Waals surface area contributed by atoms with Crippen molar-refractivity contribution in [2.24, 2.45) is 0 Å². The minimum absolute atomic E-state index is 0.148. The molecule has 0 bridgehead atoms. The maximum Gasteiger partial charge on any atom is 0.373 e. The topological polar surface area (TPSA) is 84.6 Å². The molecule has 0 unspecified atom stereocenters. The number of rotatable bonds is 4. The number of carboxylic acids is 1. The van der Waals surface area contributed by atoms with E-state index in [1.165, 1.54) is 0 Å². The van der Waals surface area contributed by atoms with Crippen LogP contribution in [0.4, 0.5) is 11.7 Å². The number of oxazole rings is 1. The molecule has 6 nitrogen and oxygen atoms in total. The molecule has 0 saturated heterocycles. The van der Waals surface area contributed by atoms with E-state index in [2.05, 4.69) is 10.3 Å². The van der Waals surface area contributed by atoms with Gasteiger partial charge in [-0.2, -0.15) is 4.98 Å². The largest absolute Gasteiger partial charge is 0.497 e. The van der Waals surface area contributed by atoms with Crippen LogP contribution in [0, 0.1) is 6.92 Å². The molecule has 18 heavy (non-hydrogen) atoms. The maximum atomic E-state index is 10.8. The van der Waals surface area contributed by atoms with E-state index < -0.39 is 5.97 Å². The molecular weight excluding hydrogens is 236 g/mol. The fourth-order valence-electron chi connectivity index (χ4n) is 1.45. The average molecular weight is 248 g/mol. The number of benzene rings is 1. The van der Waals surface area contributed by atoms with Gasteiger partial charge in [0.1, 0.15) is 5.75 Å². The Morgan fingerprint density at radius 3 is 2.56 bits per heavy atom. The molecular formula is C12H12N2O4. The molecule has 1 aromatic heterocycles. The minimum atomic E-state index is -1.14. The highest BCUT2D eigenvalue weighted by Gasteiger charge is 2.15. The van der Waals surface area contributed by atoms with Crippen molar-refractivity contribution in [1.29, 1.82) is 0 Å². The van der Waals surface area contributed by atoms with E-state index >= 15 is 0 Å². The Morgan fingerprint density at radius 1 is 1.39 bits per heavy atom. The zero-order valence-electron chi connectivity index (χ0n) is 9.93. The van der Waals surface area contributed by atoms with Gasteiger partial charge in [0.2, 0.25) is 5.76 Å². The summed E-state index contributed by atoms with van der Waals surface area (Å²) in [6.45, 7) is 1.58. The van der Waals surface area contributed by atoms with Crippen LogP contribution < -0.4 is 10.1 Å². The van der Waals surface area contributed by atoms with Gasteiger partial charge in [0.25, 0.3) is 6.01 Å². The second-order valence-electron chi connectivity index (χ2n) is 3.59. The summed E-state index contributed by atoms with van der Waals surface area (Å²) < 4.78 is 10.1. The first kappa shape index (κ1) is 12.0. The van der Waals surface area contributed by atoms with Crippen molar-refractivity contribution < 1.29 is 19.1 Å². The van der Waals surface area contributed by atoms with Crippen LogP contribution in [0.1, 0.15) is 16.2 Å². The van der Waals surface area contributed by atoms with Gasteiger partial charge < -0.3 is 19.6 Å². The summed E-state index contributed by atoms with van der Waals surface area (Å²) in [5.74, 6) is -0.566. The summed E-state index contributed by atoms with van der Waals surface area (Å²) in [6.07, 6.45) is 0. The number of aryl methyl sites for hydroxylation is 1. The molecule has 1 aromatic carbocycles. The summed E-state index contributed by atoms with van der Waals surface area (Å²) in [7, 11) is 1.58. The number of carbonyl (C=O) groups is 1. The second-order valence-corrected chi connectivity index (χ2v) is 3.59. The number of ether oxygens (including phenoxy) is 1. The van der Waals surface area contributed by atoms with Crippen LogP contribution in [0.2, 0.25) is 0 Å². The molecule has 2 N–H and O–H groups in total. The highest BCUT2D eigenvalue weighted by atomic mass is 16.5. The molecule has 0 aliphatic heterocycles. The number of hydrogen-bond acceptors (Lipinski definition) is 5. The Bertz CT molecular complexity index is 560. The molecule has 1 heterocycles. The lowest BCUT2D eigenvalue weighted by molar-refractivity contribution is 0.0662. The first-order chi connectivity index (χ1) is 8.60. The van der Waals surface area contributed by atoms with E-state index in [4.69, 9.17) is 14.3 Å². The lowest BCUT2D eigenvalue weighted by Gasteiger charge is -2.03. The molecule has 0 fully saturated rings. The van der Waals surface area contributed by atoms with Crippen molar-refractivity contribution in [3.63, 3.8) is 0 Å². The number of nitrogens with zero attached hydrogens (tertiary/aromatic N) is 1. The average Bonchev–Trinajstić information content (AvgIpc) is 2.71. The Hall–Kier alpha value is -2.50. The van der Waals surface area contributed by atoms with Crippen LogP contribution in [0.3, 0.4) is 0 Å². The van der Waals surface area contributed by atoms with Gasteiger partial charge in [-0.3, -0.25) is 0 Å². The van der Waals surface area contributed by atoms with Crippen molar-refractivity contribution in [2.75, 3.05) is 12.4 Å². The smallest absolute Gasteiger partial charge is 0.373 e. The zero-order valence-corrected chi connectivity index (χ0v) is 9.93. The molecule has 0 saturated carbocycles. The predicted octanol–water partition coefficient (Wildman–Crippen LogP) is 2.43. The van der Waals surface area contributed by atoms with Crippen molar-refractivity contribution in [3.05, 3.63) is 35.7 Å². The SMILES string of the molecule is COc1ccc(Nc2nc(C)c(C(=O)O)o2)cc1. The molecule has 0 amide bonds. The minimum Gasteiger partial charge on any atom is -0.497 e. The third-order valence-electron chi connectivity index (χ3n) is 2.33. The van der Waals surface area contributed by atoms with Gasteiger partial charge in [0.15, 0.2) is 0 Å². The van der Waals surface area contributed by atoms with Gasteiger partial charge in [-0.25, -0.2) is 4.79 Å². The Kier molecular flexibility index (Phi) is 3.18. The van der Waals surface area contributed by atoms with Crippen LogP contribution >= 0.6 is 0 Å². The van der Waals surface area contributed by atoms with Gasteiger partial charge in [0.05, 0.1) is 12.8 Å². The number of anilines is 2. The standard InChI is InChI=1S/C12H12N2O4/c1-7-10(11(15)16)18-12(13-7)14-8-3-5-9(17-2)6-4-8/h3-6H,1-2H3,(H,13,14)(H,15,16). The molecule has 0 aliphatic rings. The Morgan fingerprint density at radius 2 is 2.06 bits per heavy atom. The highest BCUT2D eigenvalue weighted by Crippen LogP contribution is 2.21. The number of aromatic carboxylic acids is 1. The first-order valence-corrected chi connectivity index (χ1v) is 5.22. The number of aromatic nitrogens is 1.